The van der Waals surface area contributed by atoms with E-state index < -0.39 is 0 Å². The molecule has 3 nitrogen and oxygen atoms in total. The number of aromatic nitrogens is 1. The first-order valence-corrected chi connectivity index (χ1v) is 12.7. The highest BCUT2D eigenvalue weighted by atomic mass is 14.8. The van der Waals surface area contributed by atoms with Crippen molar-refractivity contribution in [2.45, 2.75) is 13.0 Å². The molecule has 1 aliphatic heterocycles. The zero-order valence-electron chi connectivity index (χ0n) is 20.9. The van der Waals surface area contributed by atoms with Gasteiger partial charge in [-0.15, -0.1) is 0 Å². The molecule has 3 heteroatoms. The van der Waals surface area contributed by atoms with Gasteiger partial charge in [-0.05, 0) is 69.3 Å². The first-order chi connectivity index (χ1) is 18.8. The van der Waals surface area contributed by atoms with E-state index in [0.29, 0.717) is 12.1 Å². The Balaban J connectivity index is 1.39. The normalized spacial score (nSPS) is 16.0. The minimum atomic E-state index is 0.535. The van der Waals surface area contributed by atoms with E-state index in [1.54, 1.807) is 0 Å². The Bertz CT molecular complexity index is 1750. The quantitative estimate of drug-likeness (QED) is 0.256. The highest BCUT2D eigenvalue weighted by molar-refractivity contribution is 6.18. The number of pyridine rings is 1. The lowest BCUT2D eigenvalue weighted by Gasteiger charge is -2.13. The van der Waals surface area contributed by atoms with Gasteiger partial charge in [-0.1, -0.05) is 97.1 Å². The van der Waals surface area contributed by atoms with Crippen LogP contribution in [0.2, 0.25) is 0 Å². The van der Waals surface area contributed by atoms with Gasteiger partial charge in [0.25, 0.3) is 0 Å². The molecule has 2 heterocycles. The molecule has 180 valence electrons. The van der Waals surface area contributed by atoms with Crippen LogP contribution in [0.1, 0.15) is 28.8 Å². The monoisotopic (exact) mass is 487 g/mol. The summed E-state index contributed by atoms with van der Waals surface area (Å²) in [5, 5.41) is 11.4. The average molecular weight is 488 g/mol. The summed E-state index contributed by atoms with van der Waals surface area (Å²) >= 11 is 0. The maximum absolute atomic E-state index is 9.07. The maximum Gasteiger partial charge on any atom is 0.0991 e. The number of nitriles is 1. The molecule has 0 atom stereocenters. The third kappa shape index (κ3) is 4.68. The molecule has 1 aromatic heterocycles. The van der Waals surface area contributed by atoms with Crippen LogP contribution in [0.5, 0.6) is 0 Å². The number of aliphatic imine (C=N–C) groups is 1. The number of nitrogens with zero attached hydrogens (tertiary/aromatic N) is 3. The lowest BCUT2D eigenvalue weighted by atomic mass is 9.92. The van der Waals surface area contributed by atoms with Gasteiger partial charge in [-0.2, -0.15) is 5.26 Å². The Morgan fingerprint density at radius 2 is 1.29 bits per heavy atom. The zero-order valence-corrected chi connectivity index (χ0v) is 20.9. The predicted molar refractivity (Wildman–Crippen MR) is 157 cm³/mol. The summed E-state index contributed by atoms with van der Waals surface area (Å²) in [5.41, 5.74) is 9.45. The SMILES string of the molecule is N#Cc1ccc(-c2ccc(-c3ccc(C4=N/Cc5ncccc5/C=C\C/C=C\4)c4ccccc34)cc2)cc1. The molecule has 5 aromatic rings. The molecule has 0 aliphatic carbocycles. The molecule has 0 N–H and O–H groups in total. The van der Waals surface area contributed by atoms with Crippen molar-refractivity contribution in [2.24, 2.45) is 4.99 Å². The molecule has 0 bridgehead atoms. The van der Waals surface area contributed by atoms with Gasteiger partial charge in [-0.25, -0.2) is 0 Å². The van der Waals surface area contributed by atoms with Crippen molar-refractivity contribution >= 4 is 22.6 Å². The van der Waals surface area contributed by atoms with E-state index in [2.05, 4.69) is 102 Å². The van der Waals surface area contributed by atoms with Gasteiger partial charge in [0, 0.05) is 11.8 Å². The summed E-state index contributed by atoms with van der Waals surface area (Å²) in [7, 11) is 0. The van der Waals surface area contributed by atoms with Crippen LogP contribution in [0.3, 0.4) is 0 Å². The first kappa shape index (κ1) is 23.3. The van der Waals surface area contributed by atoms with Gasteiger partial charge in [0.05, 0.1) is 29.6 Å². The van der Waals surface area contributed by atoms with Crippen LogP contribution >= 0.6 is 0 Å². The third-order valence-electron chi connectivity index (χ3n) is 6.91. The average Bonchev–Trinajstić information content (AvgIpc) is 2.99. The van der Waals surface area contributed by atoms with Crippen molar-refractivity contribution in [3.05, 3.63) is 144 Å². The molecule has 0 fully saturated rings. The molecule has 0 saturated carbocycles. The summed E-state index contributed by atoms with van der Waals surface area (Å²) in [6, 6.07) is 35.5. The van der Waals surface area contributed by atoms with Crippen LogP contribution in [-0.2, 0) is 6.54 Å². The second-order valence-corrected chi connectivity index (χ2v) is 9.25. The van der Waals surface area contributed by atoms with Crippen LogP contribution in [0.15, 0.2) is 126 Å². The van der Waals surface area contributed by atoms with E-state index in [0.717, 1.165) is 45.6 Å². The minimum Gasteiger partial charge on any atom is -0.278 e. The van der Waals surface area contributed by atoms with Gasteiger partial charge in [0.15, 0.2) is 0 Å². The summed E-state index contributed by atoms with van der Waals surface area (Å²) in [5.74, 6) is 0. The lowest BCUT2D eigenvalue weighted by molar-refractivity contribution is 0.984. The van der Waals surface area contributed by atoms with E-state index in [9.17, 15) is 0 Å². The number of benzene rings is 4. The van der Waals surface area contributed by atoms with E-state index in [1.165, 1.54) is 16.3 Å². The van der Waals surface area contributed by atoms with Crippen molar-refractivity contribution in [1.82, 2.24) is 4.98 Å². The summed E-state index contributed by atoms with van der Waals surface area (Å²) in [6.07, 6.45) is 11.3. The smallest absolute Gasteiger partial charge is 0.0991 e. The molecular weight excluding hydrogens is 462 g/mol. The fraction of sp³-hybridized carbons (Fsp3) is 0.0571. The maximum atomic E-state index is 9.07. The second-order valence-electron chi connectivity index (χ2n) is 9.25. The molecule has 0 saturated heterocycles. The molecule has 38 heavy (non-hydrogen) atoms. The highest BCUT2D eigenvalue weighted by Gasteiger charge is 2.12. The number of hydrogen-bond acceptors (Lipinski definition) is 3. The van der Waals surface area contributed by atoms with E-state index in [1.807, 2.05) is 36.5 Å². The predicted octanol–water partition coefficient (Wildman–Crippen LogP) is 8.40. The highest BCUT2D eigenvalue weighted by Crippen LogP contribution is 2.33. The molecule has 0 amide bonds. The number of hydrogen-bond donors (Lipinski definition) is 0. The lowest BCUT2D eigenvalue weighted by Crippen LogP contribution is -2.02. The van der Waals surface area contributed by atoms with Crippen LogP contribution in [-0.4, -0.2) is 10.7 Å². The molecule has 0 radical (unpaired) electrons. The van der Waals surface area contributed by atoms with E-state index >= 15 is 0 Å². The van der Waals surface area contributed by atoms with Crippen molar-refractivity contribution in [3.63, 3.8) is 0 Å². The van der Waals surface area contributed by atoms with Crippen molar-refractivity contribution in [2.75, 3.05) is 0 Å². The second kappa shape index (κ2) is 10.5. The first-order valence-electron chi connectivity index (χ1n) is 12.7. The summed E-state index contributed by atoms with van der Waals surface area (Å²) < 4.78 is 0. The Morgan fingerprint density at radius 3 is 2.05 bits per heavy atom. The molecule has 4 aromatic carbocycles. The number of rotatable bonds is 3. The fourth-order valence-corrected chi connectivity index (χ4v) is 4.93. The zero-order chi connectivity index (χ0) is 25.7. The van der Waals surface area contributed by atoms with Crippen molar-refractivity contribution < 1.29 is 0 Å². The Morgan fingerprint density at radius 1 is 0.632 bits per heavy atom. The molecule has 0 spiro atoms. The van der Waals surface area contributed by atoms with Gasteiger partial charge in [0.1, 0.15) is 0 Å². The molecule has 1 aliphatic rings. The van der Waals surface area contributed by atoms with Gasteiger partial charge in [-0.3, -0.25) is 9.98 Å². The Labute approximate surface area is 222 Å². The molecular formula is C35H25N3. The van der Waals surface area contributed by atoms with Gasteiger partial charge < -0.3 is 0 Å². The van der Waals surface area contributed by atoms with Crippen molar-refractivity contribution in [3.8, 4) is 28.3 Å². The largest absolute Gasteiger partial charge is 0.278 e. The number of allylic oxidation sites excluding steroid dienone is 3. The summed E-state index contributed by atoms with van der Waals surface area (Å²) in [6.45, 7) is 0.535. The molecule has 0 unspecified atom stereocenters. The Hall–Kier alpha value is -5.07. The van der Waals surface area contributed by atoms with Crippen LogP contribution in [0.25, 0.3) is 39.1 Å². The van der Waals surface area contributed by atoms with Gasteiger partial charge in [0.2, 0.25) is 0 Å². The standard InChI is InChI=1S/C35H25N3/c36-23-25-12-14-26(15-13-25)27-16-18-28(19-17-27)30-20-21-33(32-10-5-4-9-31(30)32)34-11-3-1-2-7-29-8-6-22-37-35(29)24-38-34/h2-22H,1,24H2/b7-2-,11-3-,38-34+. The number of fused-ring (bicyclic) bond motifs is 2. The summed E-state index contributed by atoms with van der Waals surface area (Å²) in [4.78, 5) is 9.60. The topological polar surface area (TPSA) is 49.0 Å². The van der Waals surface area contributed by atoms with Crippen LogP contribution in [0.4, 0.5) is 0 Å². The Kier molecular flexibility index (Phi) is 6.45. The van der Waals surface area contributed by atoms with Crippen LogP contribution < -0.4 is 0 Å². The van der Waals surface area contributed by atoms with Gasteiger partial charge >= 0.3 is 0 Å². The van der Waals surface area contributed by atoms with Crippen molar-refractivity contribution in [1.29, 1.82) is 5.26 Å². The third-order valence-corrected chi connectivity index (χ3v) is 6.91. The fourth-order valence-electron chi connectivity index (χ4n) is 4.93. The van der Waals surface area contributed by atoms with E-state index in [-0.39, 0.29) is 0 Å². The minimum absolute atomic E-state index is 0.535. The van der Waals surface area contributed by atoms with E-state index in [4.69, 9.17) is 10.3 Å². The molecule has 6 rings (SSSR count). The van der Waals surface area contributed by atoms with Crippen LogP contribution in [0, 0.1) is 11.3 Å².